The number of nitrogens with one attached hydrogen (secondary N) is 1. The number of rotatable bonds is 75. The van der Waals surface area contributed by atoms with Crippen molar-refractivity contribution >= 4 is 11.9 Å². The van der Waals surface area contributed by atoms with Gasteiger partial charge in [-0.15, -0.1) is 0 Å². The molecule has 3 N–H and O–H groups in total. The molecule has 0 aliphatic heterocycles. The molecule has 2 atom stereocenters. The van der Waals surface area contributed by atoms with Gasteiger partial charge in [0.1, 0.15) is 0 Å². The van der Waals surface area contributed by atoms with E-state index in [-0.39, 0.29) is 18.5 Å². The summed E-state index contributed by atoms with van der Waals surface area (Å²) in [6.07, 6.45) is 91.8. The van der Waals surface area contributed by atoms with Crippen LogP contribution in [0.15, 0.2) is 0 Å². The Morgan fingerprint density at radius 1 is 0.286 bits per heavy atom. The molecule has 0 fully saturated rings. The zero-order chi connectivity index (χ0) is 60.6. The number of ether oxygens (including phenoxy) is 1. The van der Waals surface area contributed by atoms with Crippen molar-refractivity contribution in [1.82, 2.24) is 5.32 Å². The highest BCUT2D eigenvalue weighted by atomic mass is 16.5. The van der Waals surface area contributed by atoms with Crippen LogP contribution >= 0.6 is 0 Å². The Hall–Kier alpha value is -1.14. The van der Waals surface area contributed by atoms with Gasteiger partial charge >= 0.3 is 5.97 Å². The van der Waals surface area contributed by atoms with Gasteiger partial charge in [-0.05, 0) is 25.7 Å². The largest absolute Gasteiger partial charge is 0.466 e. The molecular formula is C78H155NO5. The maximum absolute atomic E-state index is 12.6. The summed E-state index contributed by atoms with van der Waals surface area (Å²) in [5, 5.41) is 23.5. The van der Waals surface area contributed by atoms with Crippen molar-refractivity contribution in [2.24, 2.45) is 0 Å². The van der Waals surface area contributed by atoms with Gasteiger partial charge in [0.15, 0.2) is 0 Å². The van der Waals surface area contributed by atoms with Crippen LogP contribution in [0.2, 0.25) is 0 Å². The van der Waals surface area contributed by atoms with Crippen LogP contribution in [-0.4, -0.2) is 47.4 Å². The molecule has 1 amide bonds. The second kappa shape index (κ2) is 74.3. The molecule has 84 heavy (non-hydrogen) atoms. The van der Waals surface area contributed by atoms with Gasteiger partial charge in [0.05, 0.1) is 25.4 Å². The van der Waals surface area contributed by atoms with Crippen molar-refractivity contribution in [3.8, 4) is 0 Å². The van der Waals surface area contributed by atoms with Gasteiger partial charge in [-0.3, -0.25) is 9.59 Å². The van der Waals surface area contributed by atoms with E-state index in [9.17, 15) is 19.8 Å². The van der Waals surface area contributed by atoms with Crippen LogP contribution in [0.3, 0.4) is 0 Å². The molecule has 2 unspecified atom stereocenters. The number of unbranched alkanes of at least 4 members (excludes halogenated alkanes) is 64. The number of hydrogen-bond acceptors (Lipinski definition) is 5. The first-order valence-corrected chi connectivity index (χ1v) is 39.3. The molecule has 0 aliphatic carbocycles. The second-order valence-electron chi connectivity index (χ2n) is 27.4. The summed E-state index contributed by atoms with van der Waals surface area (Å²) < 4.78 is 5.52. The van der Waals surface area contributed by atoms with E-state index in [0.717, 1.165) is 38.5 Å². The smallest absolute Gasteiger partial charge is 0.305 e. The van der Waals surface area contributed by atoms with Gasteiger partial charge in [0.25, 0.3) is 0 Å². The molecule has 0 bridgehead atoms. The number of carbonyl (C=O) groups is 2. The lowest BCUT2D eigenvalue weighted by Crippen LogP contribution is -2.45. The van der Waals surface area contributed by atoms with E-state index in [1.807, 2.05) is 0 Å². The number of esters is 1. The maximum Gasteiger partial charge on any atom is 0.305 e. The average molecular weight is 1190 g/mol. The van der Waals surface area contributed by atoms with Crippen LogP contribution < -0.4 is 5.32 Å². The Bertz CT molecular complexity index is 1230. The van der Waals surface area contributed by atoms with E-state index < -0.39 is 12.1 Å². The molecule has 0 aromatic carbocycles. The monoisotopic (exact) mass is 1190 g/mol. The molecule has 0 aromatic heterocycles. The predicted octanol–water partition coefficient (Wildman–Crippen LogP) is 25.7. The summed E-state index contributed by atoms with van der Waals surface area (Å²) in [5.41, 5.74) is 0. The van der Waals surface area contributed by atoms with Crippen molar-refractivity contribution in [2.75, 3.05) is 13.2 Å². The minimum atomic E-state index is -0.664. The highest BCUT2D eigenvalue weighted by Gasteiger charge is 2.20. The number of carbonyl (C=O) groups excluding carboxylic acids is 2. The zero-order valence-corrected chi connectivity index (χ0v) is 57.7. The predicted molar refractivity (Wildman–Crippen MR) is 371 cm³/mol. The molecule has 0 saturated carbocycles. The normalized spacial score (nSPS) is 12.4. The van der Waals surface area contributed by atoms with Crippen LogP contribution in [0.5, 0.6) is 0 Å². The first kappa shape index (κ1) is 82.9. The van der Waals surface area contributed by atoms with Crippen LogP contribution in [0.4, 0.5) is 0 Å². The van der Waals surface area contributed by atoms with Gasteiger partial charge in [-0.25, -0.2) is 0 Å². The molecule has 0 saturated heterocycles. The molecule has 6 nitrogen and oxygen atoms in total. The number of aliphatic hydroxyl groups excluding tert-OH is 2. The first-order chi connectivity index (χ1) is 41.5. The van der Waals surface area contributed by atoms with Gasteiger partial charge in [0.2, 0.25) is 5.91 Å². The first-order valence-electron chi connectivity index (χ1n) is 39.3. The van der Waals surface area contributed by atoms with E-state index >= 15 is 0 Å². The second-order valence-corrected chi connectivity index (χ2v) is 27.4. The summed E-state index contributed by atoms with van der Waals surface area (Å²) >= 11 is 0. The summed E-state index contributed by atoms with van der Waals surface area (Å²) in [6, 6.07) is -0.541. The van der Waals surface area contributed by atoms with E-state index in [2.05, 4.69) is 19.2 Å². The molecule has 0 heterocycles. The number of aliphatic hydroxyl groups is 2. The van der Waals surface area contributed by atoms with Crippen LogP contribution in [0.25, 0.3) is 0 Å². The molecule has 0 rings (SSSR count). The number of hydrogen-bond donors (Lipinski definition) is 3. The van der Waals surface area contributed by atoms with Crippen molar-refractivity contribution in [3.63, 3.8) is 0 Å². The Labute approximate surface area is 527 Å². The Kier molecular flexibility index (Phi) is 73.3. The lowest BCUT2D eigenvalue weighted by molar-refractivity contribution is -0.143. The van der Waals surface area contributed by atoms with E-state index in [1.165, 1.54) is 392 Å². The SMILES string of the molecule is CCCCCCCCCCCCCCCCCCCCCCCCCCC(O)C(CO)NC(=O)CCCCCCCCCCCCCCCCCCCCCCCCCCOC(=O)CCCCCCCCCCCCCCCCCCCCC. The minimum absolute atomic E-state index is 0.0222. The van der Waals surface area contributed by atoms with Crippen molar-refractivity contribution in [2.45, 2.75) is 475 Å². The minimum Gasteiger partial charge on any atom is -0.466 e. The lowest BCUT2D eigenvalue weighted by atomic mass is 10.0. The highest BCUT2D eigenvalue weighted by molar-refractivity contribution is 5.76. The third-order valence-corrected chi connectivity index (χ3v) is 18.9. The quantitative estimate of drug-likeness (QED) is 0.0417. The van der Waals surface area contributed by atoms with Crippen molar-refractivity contribution < 1.29 is 24.5 Å². The van der Waals surface area contributed by atoms with Crippen molar-refractivity contribution in [1.29, 1.82) is 0 Å². The summed E-state index contributed by atoms with van der Waals surface area (Å²) in [4.78, 5) is 24.7. The van der Waals surface area contributed by atoms with Crippen LogP contribution in [0.1, 0.15) is 463 Å². The highest BCUT2D eigenvalue weighted by Crippen LogP contribution is 2.21. The fourth-order valence-electron chi connectivity index (χ4n) is 12.9. The van der Waals surface area contributed by atoms with Crippen LogP contribution in [-0.2, 0) is 14.3 Å². The van der Waals surface area contributed by atoms with Crippen molar-refractivity contribution in [3.05, 3.63) is 0 Å². The Morgan fingerprint density at radius 3 is 0.726 bits per heavy atom. The molecule has 502 valence electrons. The fraction of sp³-hybridized carbons (Fsp3) is 0.974. The molecule has 0 aliphatic rings. The van der Waals surface area contributed by atoms with E-state index in [0.29, 0.717) is 25.9 Å². The maximum atomic E-state index is 12.6. The standard InChI is InChI=1S/C78H155NO5/c1-3-5-7-9-11-13-15-17-19-21-23-24-25-28-31-35-38-42-46-50-54-58-62-66-70-76(81)75(74-80)79-77(82)71-67-63-59-55-51-47-43-39-36-32-29-26-27-30-33-37-41-45-49-53-57-61-65-69-73-84-78(83)72-68-64-60-56-52-48-44-40-34-22-20-18-16-14-12-10-8-6-4-2/h75-76,80-81H,3-74H2,1-2H3,(H,79,82). The Morgan fingerprint density at radius 2 is 0.488 bits per heavy atom. The zero-order valence-electron chi connectivity index (χ0n) is 57.7. The number of amides is 1. The van der Waals surface area contributed by atoms with Gasteiger partial charge in [-0.2, -0.15) is 0 Å². The molecular weight excluding hydrogens is 1030 g/mol. The van der Waals surface area contributed by atoms with E-state index in [1.54, 1.807) is 0 Å². The fourth-order valence-corrected chi connectivity index (χ4v) is 12.9. The van der Waals surface area contributed by atoms with Gasteiger partial charge in [-0.1, -0.05) is 425 Å². The Balaban J connectivity index is 3.34. The molecule has 0 radical (unpaired) electrons. The van der Waals surface area contributed by atoms with E-state index in [4.69, 9.17) is 4.74 Å². The summed E-state index contributed by atoms with van der Waals surface area (Å²) in [7, 11) is 0. The third kappa shape index (κ3) is 70.0. The summed E-state index contributed by atoms with van der Waals surface area (Å²) in [6.45, 7) is 5.02. The van der Waals surface area contributed by atoms with Gasteiger partial charge < -0.3 is 20.3 Å². The van der Waals surface area contributed by atoms with Crippen LogP contribution in [0, 0.1) is 0 Å². The third-order valence-electron chi connectivity index (χ3n) is 18.9. The van der Waals surface area contributed by atoms with Gasteiger partial charge in [0, 0.05) is 12.8 Å². The molecule has 6 heteroatoms. The summed E-state index contributed by atoms with van der Waals surface area (Å²) in [5.74, 6) is -0.00502. The molecule has 0 aromatic rings. The topological polar surface area (TPSA) is 95.9 Å². The molecule has 0 spiro atoms. The lowest BCUT2D eigenvalue weighted by Gasteiger charge is -2.22. The average Bonchev–Trinajstić information content (AvgIpc) is 3.51.